The lowest BCUT2D eigenvalue weighted by molar-refractivity contribution is 0.364. The van der Waals surface area contributed by atoms with E-state index < -0.39 is 0 Å². The second kappa shape index (κ2) is 7.36. The van der Waals surface area contributed by atoms with Crippen molar-refractivity contribution in [1.82, 2.24) is 4.90 Å². The van der Waals surface area contributed by atoms with Crippen molar-refractivity contribution in [2.24, 2.45) is 4.99 Å². The van der Waals surface area contributed by atoms with Crippen LogP contribution < -0.4 is 0 Å². The molecule has 110 valence electrons. The summed E-state index contributed by atoms with van der Waals surface area (Å²) in [6, 6.07) is 2.18. The molecule has 0 aliphatic carbocycles. The molecule has 2 rings (SSSR count). The number of hydrogen-bond acceptors (Lipinski definition) is 4. The second-order valence-corrected chi connectivity index (χ2v) is 7.51. The molecule has 2 heterocycles. The maximum Gasteiger partial charge on any atom is 0.124 e. The summed E-state index contributed by atoms with van der Waals surface area (Å²) in [5, 5.41) is 8.91. The molecule has 3 nitrogen and oxygen atoms in total. The molecule has 0 spiro atoms. The average molecular weight is 356 g/mol. The van der Waals surface area contributed by atoms with Crippen LogP contribution in [0.1, 0.15) is 57.6 Å². The molecule has 1 aromatic rings. The minimum absolute atomic E-state index is 0.0588. The smallest absolute Gasteiger partial charge is 0.124 e. The Labute approximate surface area is 133 Å². The van der Waals surface area contributed by atoms with Gasteiger partial charge in [-0.1, -0.05) is 26.7 Å². The van der Waals surface area contributed by atoms with Crippen LogP contribution in [0.5, 0.6) is 0 Å². The monoisotopic (exact) mass is 355 g/mol. The van der Waals surface area contributed by atoms with Crippen molar-refractivity contribution < 1.29 is 0 Å². The van der Waals surface area contributed by atoms with E-state index in [1.807, 2.05) is 0 Å². The van der Waals surface area contributed by atoms with Gasteiger partial charge in [-0.2, -0.15) is 0 Å². The van der Waals surface area contributed by atoms with E-state index in [1.165, 1.54) is 18.4 Å². The molecule has 1 unspecified atom stereocenters. The molecule has 0 aromatic carbocycles. The zero-order chi connectivity index (χ0) is 14.5. The quantitative estimate of drug-likeness (QED) is 0.641. The first-order valence-corrected chi connectivity index (χ1v) is 8.96. The highest BCUT2D eigenvalue weighted by Gasteiger charge is 2.29. The molecule has 5 heteroatoms. The normalized spacial score (nSPS) is 17.9. The number of rotatable bonds is 7. The molecular formula is C15H22BrN3S. The number of hydrogen-bond donors (Lipinski definition) is 1. The maximum absolute atomic E-state index is 7.84. The fraction of sp³-hybridized carbons (Fsp3) is 0.600. The van der Waals surface area contributed by atoms with E-state index in [1.54, 1.807) is 17.6 Å². The van der Waals surface area contributed by atoms with Crippen LogP contribution in [-0.2, 0) is 0 Å². The van der Waals surface area contributed by atoms with Gasteiger partial charge in [0, 0.05) is 24.7 Å². The standard InChI is InChI=1S/C15H22BrN3S/c1-3-5-7-14-18-15-11(9-13(16)20-15)12(10-17)19(14)8-6-4-2/h9-10,12,17H,3-8H2,1-2H3. The molecule has 0 saturated carbocycles. The summed E-state index contributed by atoms with van der Waals surface area (Å²) in [6.45, 7) is 5.41. The number of amidine groups is 1. The topological polar surface area (TPSA) is 39.5 Å². The van der Waals surface area contributed by atoms with Crippen molar-refractivity contribution in [2.75, 3.05) is 6.54 Å². The Morgan fingerprint density at radius 1 is 1.40 bits per heavy atom. The van der Waals surface area contributed by atoms with Crippen molar-refractivity contribution in [3.63, 3.8) is 0 Å². The average Bonchev–Trinajstić information content (AvgIpc) is 2.81. The first kappa shape index (κ1) is 15.7. The number of fused-ring (bicyclic) bond motifs is 1. The van der Waals surface area contributed by atoms with Crippen LogP contribution in [0.15, 0.2) is 14.8 Å². The Morgan fingerprint density at radius 2 is 2.15 bits per heavy atom. The third-order valence-corrected chi connectivity index (χ3v) is 5.14. The number of nitrogens with one attached hydrogen (secondary N) is 1. The van der Waals surface area contributed by atoms with Crippen LogP contribution >= 0.6 is 27.3 Å². The van der Waals surface area contributed by atoms with Gasteiger partial charge < -0.3 is 10.3 Å². The van der Waals surface area contributed by atoms with E-state index in [0.29, 0.717) is 0 Å². The number of nitrogens with zero attached hydrogens (tertiary/aromatic N) is 2. The van der Waals surface area contributed by atoms with Gasteiger partial charge in [0.15, 0.2) is 0 Å². The third kappa shape index (κ3) is 3.31. The van der Waals surface area contributed by atoms with Crippen LogP contribution in [0.4, 0.5) is 5.00 Å². The van der Waals surface area contributed by atoms with E-state index in [2.05, 4.69) is 40.7 Å². The predicted molar refractivity (Wildman–Crippen MR) is 91.8 cm³/mol. The number of thiophene rings is 1. The van der Waals surface area contributed by atoms with Crippen LogP contribution in [0.2, 0.25) is 0 Å². The summed E-state index contributed by atoms with van der Waals surface area (Å²) < 4.78 is 1.10. The summed E-state index contributed by atoms with van der Waals surface area (Å²) in [7, 11) is 0. The summed E-state index contributed by atoms with van der Waals surface area (Å²) in [6.07, 6.45) is 7.23. The van der Waals surface area contributed by atoms with Crippen molar-refractivity contribution in [1.29, 1.82) is 5.41 Å². The molecule has 0 fully saturated rings. The van der Waals surface area contributed by atoms with Crippen LogP contribution in [0.25, 0.3) is 0 Å². The van der Waals surface area contributed by atoms with Crippen molar-refractivity contribution in [3.05, 3.63) is 15.4 Å². The molecule has 0 saturated heterocycles. The number of halogens is 1. The molecule has 0 amide bonds. The van der Waals surface area contributed by atoms with Gasteiger partial charge in [-0.25, -0.2) is 4.99 Å². The Kier molecular flexibility index (Phi) is 5.78. The van der Waals surface area contributed by atoms with Gasteiger partial charge in [0.25, 0.3) is 0 Å². The summed E-state index contributed by atoms with van der Waals surface area (Å²) in [5.74, 6) is 1.16. The summed E-state index contributed by atoms with van der Waals surface area (Å²) in [5.41, 5.74) is 1.17. The lowest BCUT2D eigenvalue weighted by Crippen LogP contribution is -2.38. The van der Waals surface area contributed by atoms with Crippen LogP contribution in [0.3, 0.4) is 0 Å². The van der Waals surface area contributed by atoms with Gasteiger partial charge in [0.1, 0.15) is 10.8 Å². The van der Waals surface area contributed by atoms with Gasteiger partial charge in [-0.05, 0) is 34.8 Å². The summed E-state index contributed by atoms with van der Waals surface area (Å²) >= 11 is 5.22. The Hall–Kier alpha value is -0.680. The van der Waals surface area contributed by atoms with Crippen molar-refractivity contribution >= 4 is 44.3 Å². The Bertz CT molecular complexity index is 495. The van der Waals surface area contributed by atoms with E-state index in [9.17, 15) is 0 Å². The van der Waals surface area contributed by atoms with Gasteiger partial charge in [-0.3, -0.25) is 0 Å². The SMILES string of the molecule is CCCCC1=Nc2sc(Br)cc2C(C=N)N1CCCC. The minimum Gasteiger partial charge on any atom is -0.348 e. The maximum atomic E-state index is 7.84. The molecule has 20 heavy (non-hydrogen) atoms. The van der Waals surface area contributed by atoms with E-state index >= 15 is 0 Å². The summed E-state index contributed by atoms with van der Waals surface area (Å²) in [4.78, 5) is 7.19. The van der Waals surface area contributed by atoms with Gasteiger partial charge in [0.2, 0.25) is 0 Å². The highest BCUT2D eigenvalue weighted by atomic mass is 79.9. The molecular weight excluding hydrogens is 334 g/mol. The lowest BCUT2D eigenvalue weighted by atomic mass is 10.0. The van der Waals surface area contributed by atoms with Gasteiger partial charge >= 0.3 is 0 Å². The third-order valence-electron chi connectivity index (χ3n) is 3.59. The predicted octanol–water partition coefficient (Wildman–Crippen LogP) is 5.54. The van der Waals surface area contributed by atoms with Crippen LogP contribution in [0, 0.1) is 5.41 Å². The fourth-order valence-electron chi connectivity index (χ4n) is 2.48. The zero-order valence-electron chi connectivity index (χ0n) is 12.2. The number of aliphatic imine (C=N–C) groups is 1. The Morgan fingerprint density at radius 3 is 2.80 bits per heavy atom. The van der Waals surface area contributed by atoms with E-state index in [0.717, 1.165) is 40.4 Å². The zero-order valence-corrected chi connectivity index (χ0v) is 14.6. The lowest BCUT2D eigenvalue weighted by Gasteiger charge is -2.35. The molecule has 1 aliphatic heterocycles. The van der Waals surface area contributed by atoms with Gasteiger partial charge in [0.05, 0.1) is 9.83 Å². The molecule has 1 aliphatic rings. The second-order valence-electron chi connectivity index (χ2n) is 5.10. The largest absolute Gasteiger partial charge is 0.348 e. The minimum atomic E-state index is 0.0588. The molecule has 1 aromatic heterocycles. The van der Waals surface area contributed by atoms with Crippen LogP contribution in [-0.4, -0.2) is 23.5 Å². The van der Waals surface area contributed by atoms with E-state index in [-0.39, 0.29) is 6.04 Å². The van der Waals surface area contributed by atoms with Crippen molar-refractivity contribution in [2.45, 2.75) is 52.0 Å². The highest BCUT2D eigenvalue weighted by molar-refractivity contribution is 9.11. The number of unbranched alkanes of at least 4 members (excludes halogenated alkanes) is 2. The first-order valence-electron chi connectivity index (χ1n) is 7.35. The van der Waals surface area contributed by atoms with E-state index in [4.69, 9.17) is 10.4 Å². The first-order chi connectivity index (χ1) is 9.71. The van der Waals surface area contributed by atoms with Gasteiger partial charge in [-0.15, -0.1) is 11.3 Å². The molecule has 0 bridgehead atoms. The Balaban J connectivity index is 2.33. The molecule has 0 radical (unpaired) electrons. The fourth-order valence-corrected chi connectivity index (χ4v) is 4.01. The molecule has 1 N–H and O–H groups in total. The highest BCUT2D eigenvalue weighted by Crippen LogP contribution is 2.43. The molecule has 1 atom stereocenters. The van der Waals surface area contributed by atoms with Crippen molar-refractivity contribution in [3.8, 4) is 0 Å².